The average molecular weight is 364 g/mol. The summed E-state index contributed by atoms with van der Waals surface area (Å²) in [6.07, 6.45) is 4.45. The lowest BCUT2D eigenvalue weighted by Gasteiger charge is -2.35. The highest BCUT2D eigenvalue weighted by Gasteiger charge is 2.39. The van der Waals surface area contributed by atoms with E-state index in [2.05, 4.69) is 20.9 Å². The van der Waals surface area contributed by atoms with Crippen molar-refractivity contribution < 1.29 is 15.0 Å². The Labute approximate surface area is 132 Å². The summed E-state index contributed by atoms with van der Waals surface area (Å²) < 4.78 is 0.900. The zero-order chi connectivity index (χ0) is 15.3. The fourth-order valence-corrected chi connectivity index (χ4v) is 3.90. The maximum atomic E-state index is 10.9. The highest BCUT2D eigenvalue weighted by molar-refractivity contribution is 9.11. The molecule has 4 nitrogen and oxygen atoms in total. The number of hydrogen-bond donors (Lipinski definition) is 2. The minimum absolute atomic E-state index is 0.0890. The fraction of sp³-hybridized carbons (Fsp3) is 0.714. The van der Waals surface area contributed by atoms with Crippen molar-refractivity contribution in [1.29, 1.82) is 0 Å². The molecule has 0 aliphatic heterocycles. The highest BCUT2D eigenvalue weighted by atomic mass is 79.9. The lowest BCUT2D eigenvalue weighted by molar-refractivity contribution is -0.144. The Morgan fingerprint density at radius 1 is 1.40 bits per heavy atom. The average Bonchev–Trinajstić information content (AvgIpc) is 2.88. The van der Waals surface area contributed by atoms with Gasteiger partial charge in [-0.1, -0.05) is 13.8 Å². The van der Waals surface area contributed by atoms with Crippen molar-refractivity contribution in [3.8, 4) is 0 Å². The summed E-state index contributed by atoms with van der Waals surface area (Å²) in [4.78, 5) is 15.1. The Bertz CT molecular complexity index is 439. The summed E-state index contributed by atoms with van der Waals surface area (Å²) in [5, 5.41) is 20.3. The molecule has 2 N–H and O–H groups in total. The van der Waals surface area contributed by atoms with Gasteiger partial charge in [-0.3, -0.25) is 4.79 Å². The van der Waals surface area contributed by atoms with Crippen molar-refractivity contribution in [1.82, 2.24) is 4.98 Å². The molecule has 20 heavy (non-hydrogen) atoms. The topological polar surface area (TPSA) is 70.4 Å². The summed E-state index contributed by atoms with van der Waals surface area (Å²) in [6, 6.07) is 0. The Morgan fingerprint density at radius 3 is 2.35 bits per heavy atom. The molecule has 0 amide bonds. The van der Waals surface area contributed by atoms with Crippen molar-refractivity contribution in [2.45, 2.75) is 52.1 Å². The number of aliphatic hydroxyl groups is 1. The lowest BCUT2D eigenvalue weighted by atomic mass is 9.74. The van der Waals surface area contributed by atoms with E-state index in [0.717, 1.165) is 16.6 Å². The van der Waals surface area contributed by atoms with Gasteiger partial charge in [-0.2, -0.15) is 0 Å². The molecule has 1 aromatic rings. The first kappa shape index (κ1) is 17.6. The Kier molecular flexibility index (Phi) is 6.61. The molecule has 1 aromatic heterocycles. The van der Waals surface area contributed by atoms with Gasteiger partial charge in [0.15, 0.2) is 0 Å². The Hall–Kier alpha value is -0.460. The van der Waals surface area contributed by atoms with Gasteiger partial charge in [-0.25, -0.2) is 4.98 Å². The lowest BCUT2D eigenvalue weighted by Crippen LogP contribution is -2.35. The molecule has 0 aromatic carbocycles. The molecule has 114 valence electrons. The van der Waals surface area contributed by atoms with Gasteiger partial charge in [0.1, 0.15) is 10.6 Å². The summed E-state index contributed by atoms with van der Waals surface area (Å²) >= 11 is 4.78. The van der Waals surface area contributed by atoms with Crippen LogP contribution in [0.4, 0.5) is 0 Å². The van der Waals surface area contributed by atoms with Crippen LogP contribution in [0.3, 0.4) is 0 Å². The number of carboxylic acids is 1. The third-order valence-electron chi connectivity index (χ3n) is 3.78. The van der Waals surface area contributed by atoms with Crippen LogP contribution in [0, 0.1) is 11.8 Å². The molecule has 0 spiro atoms. The first-order valence-electron chi connectivity index (χ1n) is 6.98. The van der Waals surface area contributed by atoms with E-state index in [1.54, 1.807) is 13.1 Å². The third kappa shape index (κ3) is 4.02. The Balaban J connectivity index is 0.000000956. The molecule has 1 unspecified atom stereocenters. The molecule has 2 rings (SSSR count). The zero-order valence-electron chi connectivity index (χ0n) is 12.1. The molecule has 1 aliphatic carbocycles. The number of carbonyl (C=O) groups is 1. The van der Waals surface area contributed by atoms with Crippen LogP contribution in [0.15, 0.2) is 9.98 Å². The number of aliphatic carboxylic acids is 1. The molecule has 1 heterocycles. The van der Waals surface area contributed by atoms with E-state index in [1.165, 1.54) is 11.3 Å². The maximum Gasteiger partial charge on any atom is 0.306 e. The van der Waals surface area contributed by atoms with Crippen LogP contribution in [-0.2, 0) is 10.4 Å². The number of carboxylic acid groups (broad SMARTS) is 1. The number of rotatable bonds is 3. The quantitative estimate of drug-likeness (QED) is 0.850. The molecule has 1 atom stereocenters. The minimum Gasteiger partial charge on any atom is -0.481 e. The second-order valence-corrected chi connectivity index (χ2v) is 7.41. The molecule has 1 saturated carbocycles. The van der Waals surface area contributed by atoms with Gasteiger partial charge >= 0.3 is 5.97 Å². The highest BCUT2D eigenvalue weighted by Crippen LogP contribution is 2.42. The van der Waals surface area contributed by atoms with E-state index in [0.29, 0.717) is 17.8 Å². The maximum absolute atomic E-state index is 10.9. The van der Waals surface area contributed by atoms with Crippen LogP contribution >= 0.6 is 27.3 Å². The van der Waals surface area contributed by atoms with Gasteiger partial charge in [0, 0.05) is 0 Å². The normalized spacial score (nSPS) is 25.2. The number of halogens is 1. The van der Waals surface area contributed by atoms with Crippen LogP contribution in [0.5, 0.6) is 0 Å². The summed E-state index contributed by atoms with van der Waals surface area (Å²) in [6.45, 7) is 5.78. The summed E-state index contributed by atoms with van der Waals surface area (Å²) in [5.41, 5.74) is -0.958. The van der Waals surface area contributed by atoms with Crippen LogP contribution in [0.1, 0.15) is 51.5 Å². The zero-order valence-corrected chi connectivity index (χ0v) is 14.5. The van der Waals surface area contributed by atoms with Crippen molar-refractivity contribution in [3.63, 3.8) is 0 Å². The van der Waals surface area contributed by atoms with Crippen LogP contribution in [0.2, 0.25) is 0 Å². The van der Waals surface area contributed by atoms with E-state index < -0.39 is 11.6 Å². The predicted octanol–water partition coefficient (Wildman–Crippen LogP) is 4.03. The van der Waals surface area contributed by atoms with E-state index in [-0.39, 0.29) is 11.8 Å². The number of hydrogen-bond acceptors (Lipinski definition) is 4. The predicted molar refractivity (Wildman–Crippen MR) is 83.8 cm³/mol. The van der Waals surface area contributed by atoms with Crippen molar-refractivity contribution in [3.05, 3.63) is 15.0 Å². The Morgan fingerprint density at radius 2 is 1.95 bits per heavy atom. The number of nitrogens with zero attached hydrogens (tertiary/aromatic N) is 1. The van der Waals surface area contributed by atoms with Crippen molar-refractivity contribution >= 4 is 33.2 Å². The van der Waals surface area contributed by atoms with Gasteiger partial charge in [-0.05, 0) is 54.5 Å². The smallest absolute Gasteiger partial charge is 0.306 e. The number of thiazole rings is 1. The van der Waals surface area contributed by atoms with E-state index >= 15 is 0 Å². The van der Waals surface area contributed by atoms with Gasteiger partial charge in [0.25, 0.3) is 0 Å². The van der Waals surface area contributed by atoms with Crippen molar-refractivity contribution in [2.75, 3.05) is 0 Å². The van der Waals surface area contributed by atoms with E-state index in [9.17, 15) is 9.90 Å². The standard InChI is InChI=1S/C12H16BrNO3S.C2H6/c1-12(17,11-14-6-9(13)18-11)8-4-2-7(3-5-8)10(15)16;1-2/h6-8,17H,2-5H2,1H3,(H,15,16);1-2H3. The number of aromatic nitrogens is 1. The first-order valence-corrected chi connectivity index (χ1v) is 8.59. The molecular weight excluding hydrogens is 342 g/mol. The minimum atomic E-state index is -0.958. The van der Waals surface area contributed by atoms with Crippen LogP contribution in [-0.4, -0.2) is 21.2 Å². The molecule has 1 aliphatic rings. The third-order valence-corrected chi connectivity index (χ3v) is 5.48. The molecule has 0 radical (unpaired) electrons. The van der Waals surface area contributed by atoms with Gasteiger partial charge < -0.3 is 10.2 Å². The van der Waals surface area contributed by atoms with Crippen LogP contribution < -0.4 is 0 Å². The molecule has 6 heteroatoms. The van der Waals surface area contributed by atoms with E-state index in [4.69, 9.17) is 5.11 Å². The SMILES string of the molecule is CC.CC(O)(c1ncc(Br)s1)C1CCC(C(=O)O)CC1. The van der Waals surface area contributed by atoms with Gasteiger partial charge in [0.05, 0.1) is 15.9 Å². The fourth-order valence-electron chi connectivity index (χ4n) is 2.57. The molecule has 1 fully saturated rings. The largest absolute Gasteiger partial charge is 0.481 e. The van der Waals surface area contributed by atoms with Gasteiger partial charge in [-0.15, -0.1) is 11.3 Å². The van der Waals surface area contributed by atoms with Crippen LogP contribution in [0.25, 0.3) is 0 Å². The molecule has 0 saturated heterocycles. The molecular formula is C14H22BrNO3S. The first-order chi connectivity index (χ1) is 9.41. The molecule has 0 bridgehead atoms. The van der Waals surface area contributed by atoms with Crippen molar-refractivity contribution in [2.24, 2.45) is 11.8 Å². The second-order valence-electron chi connectivity index (χ2n) is 5.00. The van der Waals surface area contributed by atoms with Gasteiger partial charge in [0.2, 0.25) is 0 Å². The summed E-state index contributed by atoms with van der Waals surface area (Å²) in [7, 11) is 0. The second kappa shape index (κ2) is 7.52. The summed E-state index contributed by atoms with van der Waals surface area (Å²) in [5.74, 6) is -0.878. The monoisotopic (exact) mass is 363 g/mol. The van der Waals surface area contributed by atoms with E-state index in [1.807, 2.05) is 13.8 Å².